The van der Waals surface area contributed by atoms with Crippen LogP contribution in [0.2, 0.25) is 0 Å². The lowest BCUT2D eigenvalue weighted by molar-refractivity contribution is -0.143. The summed E-state index contributed by atoms with van der Waals surface area (Å²) in [6.45, 7) is 0.388. The van der Waals surface area contributed by atoms with Crippen molar-refractivity contribution in [1.29, 1.82) is 0 Å². The van der Waals surface area contributed by atoms with Crippen LogP contribution >= 0.6 is 12.6 Å². The Morgan fingerprint density at radius 2 is 1.91 bits per heavy atom. The number of benzene rings is 1. The summed E-state index contributed by atoms with van der Waals surface area (Å²) in [5, 5.41) is 14.9. The van der Waals surface area contributed by atoms with Crippen molar-refractivity contribution in [3.8, 4) is 0 Å². The zero-order valence-electron chi connectivity index (χ0n) is 19.1. The number of carbonyl (C=O) groups is 4. The molecule has 0 bridgehead atoms. The summed E-state index contributed by atoms with van der Waals surface area (Å²) in [5.74, 6) is -2.57. The number of thiol groups is 1. The lowest BCUT2D eigenvalue weighted by atomic mass is 10.0. The molecule has 188 valence electrons. The van der Waals surface area contributed by atoms with E-state index >= 15 is 0 Å². The highest BCUT2D eigenvalue weighted by Crippen LogP contribution is 2.19. The number of nitrogens with zero attached hydrogens (tertiary/aromatic N) is 2. The summed E-state index contributed by atoms with van der Waals surface area (Å²) in [5.41, 5.74) is 7.15. The first-order valence-electron chi connectivity index (χ1n) is 11.3. The monoisotopic (exact) mass is 502 g/mol. The van der Waals surface area contributed by atoms with Gasteiger partial charge in [0.15, 0.2) is 0 Å². The van der Waals surface area contributed by atoms with Gasteiger partial charge in [0.2, 0.25) is 17.7 Å². The number of carbonyl (C=O) groups excluding carboxylic acids is 3. The number of hydrogen-bond donors (Lipinski definition) is 6. The zero-order valence-corrected chi connectivity index (χ0v) is 20.0. The molecule has 35 heavy (non-hydrogen) atoms. The van der Waals surface area contributed by atoms with Gasteiger partial charge in [0.25, 0.3) is 0 Å². The van der Waals surface area contributed by atoms with Gasteiger partial charge in [-0.3, -0.25) is 14.4 Å². The van der Waals surface area contributed by atoms with Crippen molar-refractivity contribution in [1.82, 2.24) is 25.5 Å². The summed E-state index contributed by atoms with van der Waals surface area (Å²) < 4.78 is 0. The summed E-state index contributed by atoms with van der Waals surface area (Å²) in [6.07, 6.45) is 4.11. The number of carboxylic acid groups (broad SMARTS) is 1. The van der Waals surface area contributed by atoms with Crippen LogP contribution in [0.15, 0.2) is 42.9 Å². The fraction of sp³-hybridized carbons (Fsp3) is 0.435. The molecule has 0 spiro atoms. The highest BCUT2D eigenvalue weighted by atomic mass is 32.1. The molecule has 1 fully saturated rings. The molecule has 4 atom stereocenters. The van der Waals surface area contributed by atoms with Crippen molar-refractivity contribution in [3.63, 3.8) is 0 Å². The minimum absolute atomic E-state index is 0.000399. The molecule has 0 saturated carbocycles. The van der Waals surface area contributed by atoms with Gasteiger partial charge >= 0.3 is 5.97 Å². The van der Waals surface area contributed by atoms with Crippen LogP contribution in [0, 0.1) is 0 Å². The van der Waals surface area contributed by atoms with Gasteiger partial charge in [-0.2, -0.15) is 12.6 Å². The molecule has 2 aromatic rings. The molecule has 3 rings (SSSR count). The Morgan fingerprint density at radius 1 is 1.17 bits per heavy atom. The molecular formula is C23H30N6O5S. The third-order valence-corrected chi connectivity index (χ3v) is 6.25. The summed E-state index contributed by atoms with van der Waals surface area (Å²) in [7, 11) is 0. The number of H-pyrrole nitrogens is 1. The predicted molar refractivity (Wildman–Crippen MR) is 130 cm³/mol. The maximum atomic E-state index is 13.2. The SMILES string of the molecule is NC(CS)C(=O)N1CCCC1C(=O)NC(Cc1ccccc1)C(=O)NC(Cc1cnc[nH]1)C(=O)O. The average Bonchev–Trinajstić information content (AvgIpc) is 3.55. The summed E-state index contributed by atoms with van der Waals surface area (Å²) >= 11 is 4.07. The van der Waals surface area contributed by atoms with E-state index in [0.29, 0.717) is 25.1 Å². The topological polar surface area (TPSA) is 171 Å². The van der Waals surface area contributed by atoms with Crippen molar-refractivity contribution >= 4 is 36.3 Å². The van der Waals surface area contributed by atoms with Crippen molar-refractivity contribution < 1.29 is 24.3 Å². The lowest BCUT2D eigenvalue weighted by Gasteiger charge is -2.28. The molecule has 1 saturated heterocycles. The Kier molecular flexibility index (Phi) is 9.26. The van der Waals surface area contributed by atoms with Crippen LogP contribution in [0.5, 0.6) is 0 Å². The molecule has 1 aromatic carbocycles. The number of aromatic nitrogens is 2. The van der Waals surface area contributed by atoms with E-state index in [9.17, 15) is 24.3 Å². The van der Waals surface area contributed by atoms with E-state index in [1.54, 1.807) is 12.1 Å². The molecule has 6 N–H and O–H groups in total. The fourth-order valence-corrected chi connectivity index (χ4v) is 4.17. The number of aliphatic carboxylic acids is 1. The first-order valence-corrected chi connectivity index (χ1v) is 11.9. The van der Waals surface area contributed by atoms with Crippen molar-refractivity contribution in [3.05, 3.63) is 54.1 Å². The van der Waals surface area contributed by atoms with Gasteiger partial charge in [-0.15, -0.1) is 0 Å². The Balaban J connectivity index is 1.76. The summed E-state index contributed by atoms with van der Waals surface area (Å²) in [6, 6.07) is 5.19. The number of hydrogen-bond acceptors (Lipinski definition) is 7. The number of aromatic amines is 1. The largest absolute Gasteiger partial charge is 0.480 e. The standard InChI is InChI=1S/C23H30N6O5S/c24-16(12-35)22(32)29-8-4-7-19(29)21(31)27-17(9-14-5-2-1-3-6-14)20(30)28-18(23(33)34)10-15-11-25-13-26-15/h1-3,5-6,11,13,16-19,35H,4,7-10,12,24H2,(H,25,26)(H,27,31)(H,28,30)(H,33,34). The van der Waals surface area contributed by atoms with E-state index in [1.165, 1.54) is 17.4 Å². The molecule has 4 unspecified atom stereocenters. The molecule has 1 aliphatic heterocycles. The van der Waals surface area contributed by atoms with Gasteiger partial charge in [0.1, 0.15) is 18.1 Å². The Bertz CT molecular complexity index is 1020. The molecule has 0 radical (unpaired) electrons. The second-order valence-corrected chi connectivity index (χ2v) is 8.78. The lowest BCUT2D eigenvalue weighted by Crippen LogP contribution is -2.57. The van der Waals surface area contributed by atoms with Gasteiger partial charge < -0.3 is 31.4 Å². The quantitative estimate of drug-likeness (QED) is 0.225. The van der Waals surface area contributed by atoms with Crippen LogP contribution in [0.3, 0.4) is 0 Å². The van der Waals surface area contributed by atoms with Gasteiger partial charge in [-0.1, -0.05) is 30.3 Å². The van der Waals surface area contributed by atoms with E-state index in [-0.39, 0.29) is 24.5 Å². The van der Waals surface area contributed by atoms with Crippen LogP contribution in [0.25, 0.3) is 0 Å². The molecule has 11 nitrogen and oxygen atoms in total. The van der Waals surface area contributed by atoms with Crippen LogP contribution in [0.1, 0.15) is 24.1 Å². The first kappa shape index (κ1) is 26.2. The van der Waals surface area contributed by atoms with E-state index < -0.39 is 42.0 Å². The number of nitrogens with one attached hydrogen (secondary N) is 3. The zero-order chi connectivity index (χ0) is 25.4. The number of likely N-dealkylation sites (tertiary alicyclic amines) is 1. The van der Waals surface area contributed by atoms with Gasteiger partial charge in [-0.25, -0.2) is 9.78 Å². The third kappa shape index (κ3) is 7.06. The maximum absolute atomic E-state index is 13.2. The molecule has 3 amide bonds. The first-order chi connectivity index (χ1) is 16.8. The molecule has 1 aromatic heterocycles. The highest BCUT2D eigenvalue weighted by molar-refractivity contribution is 7.80. The van der Waals surface area contributed by atoms with Crippen LogP contribution < -0.4 is 16.4 Å². The second-order valence-electron chi connectivity index (χ2n) is 8.41. The fourth-order valence-electron chi connectivity index (χ4n) is 4.01. The minimum atomic E-state index is -1.23. The molecule has 12 heteroatoms. The van der Waals surface area contributed by atoms with Gasteiger partial charge in [0, 0.05) is 37.0 Å². The smallest absolute Gasteiger partial charge is 0.326 e. The predicted octanol–water partition coefficient (Wildman–Crippen LogP) is -0.503. The number of carboxylic acids is 1. The average molecular weight is 503 g/mol. The highest BCUT2D eigenvalue weighted by Gasteiger charge is 2.37. The van der Waals surface area contributed by atoms with E-state index in [4.69, 9.17) is 5.73 Å². The number of rotatable bonds is 11. The maximum Gasteiger partial charge on any atom is 0.326 e. The van der Waals surface area contributed by atoms with Crippen LogP contribution in [0.4, 0.5) is 0 Å². The van der Waals surface area contributed by atoms with Gasteiger partial charge in [-0.05, 0) is 18.4 Å². The van der Waals surface area contributed by atoms with Gasteiger partial charge in [0.05, 0.1) is 12.4 Å². The Labute approximate surface area is 208 Å². The van der Waals surface area contributed by atoms with Crippen molar-refractivity contribution in [2.45, 2.75) is 49.9 Å². The van der Waals surface area contributed by atoms with E-state index in [2.05, 4.69) is 33.2 Å². The molecule has 0 aliphatic carbocycles. The number of nitrogens with two attached hydrogens (primary N) is 1. The Morgan fingerprint density at radius 3 is 2.54 bits per heavy atom. The minimum Gasteiger partial charge on any atom is -0.480 e. The molecular weight excluding hydrogens is 472 g/mol. The number of amides is 3. The van der Waals surface area contributed by atoms with Crippen LogP contribution in [-0.4, -0.2) is 80.1 Å². The van der Waals surface area contributed by atoms with Crippen molar-refractivity contribution in [2.24, 2.45) is 5.73 Å². The van der Waals surface area contributed by atoms with E-state index in [0.717, 1.165) is 5.56 Å². The van der Waals surface area contributed by atoms with Crippen LogP contribution in [-0.2, 0) is 32.0 Å². The molecule has 1 aliphatic rings. The number of imidazole rings is 1. The normalized spacial score (nSPS) is 17.9. The Hall–Kier alpha value is -3.38. The third-order valence-electron chi connectivity index (χ3n) is 5.86. The van der Waals surface area contributed by atoms with E-state index in [1.807, 2.05) is 18.2 Å². The summed E-state index contributed by atoms with van der Waals surface area (Å²) in [4.78, 5) is 58.8. The second kappa shape index (κ2) is 12.4. The van der Waals surface area contributed by atoms with Crippen molar-refractivity contribution in [2.75, 3.05) is 12.3 Å². The molecule has 2 heterocycles.